The van der Waals surface area contributed by atoms with E-state index in [1.807, 2.05) is 0 Å². The summed E-state index contributed by atoms with van der Waals surface area (Å²) in [5.74, 6) is -0.0606. The molecule has 5 N–H and O–H groups in total. The predicted molar refractivity (Wildman–Crippen MR) is 58.0 cm³/mol. The van der Waals surface area contributed by atoms with Crippen LogP contribution in [0.1, 0.15) is 11.6 Å². The molecule has 0 fully saturated rings. The third-order valence-electron chi connectivity index (χ3n) is 1.86. The van der Waals surface area contributed by atoms with Gasteiger partial charge in [0.2, 0.25) is 0 Å². The number of nitrogens with zero attached hydrogens (tertiary/aromatic N) is 1. The zero-order valence-electron chi connectivity index (χ0n) is 7.79. The molecule has 7 heteroatoms. The molecule has 0 radical (unpaired) electrons. The Hall–Kier alpha value is -1.37. The Kier molecular flexibility index (Phi) is 4.99. The first-order chi connectivity index (χ1) is 6.56. The number of nitro groups is 1. The molecule has 84 valence electrons. The number of aromatic hydroxyl groups is 1. The fraction of sp³-hybridized carbons (Fsp3) is 0.250. The zero-order valence-corrected chi connectivity index (χ0v) is 8.61. The maximum Gasteiger partial charge on any atom is 0.274 e. The molecule has 0 heterocycles. The van der Waals surface area contributed by atoms with Crippen LogP contribution in [0.5, 0.6) is 5.75 Å². The molecule has 0 saturated heterocycles. The Morgan fingerprint density at radius 1 is 1.53 bits per heavy atom. The highest BCUT2D eigenvalue weighted by Gasteiger charge is 2.18. The monoisotopic (exact) mass is 233 g/mol. The zero-order chi connectivity index (χ0) is 10.7. The second-order valence-corrected chi connectivity index (χ2v) is 2.84. The number of nitro benzene ring substituents is 1. The standard InChI is InChI=1S/C8H11N3O3.ClH/c9-4-7(10)6-3-5(12)1-2-8(6)11(13)14;/h1-3,7,12H,4,9-10H2;1H/t7-;/m0./s1. The molecular formula is C8H12ClN3O3. The average molecular weight is 234 g/mol. The van der Waals surface area contributed by atoms with Crippen molar-refractivity contribution in [2.75, 3.05) is 6.54 Å². The van der Waals surface area contributed by atoms with Gasteiger partial charge in [-0.2, -0.15) is 0 Å². The molecule has 0 aromatic heterocycles. The highest BCUT2D eigenvalue weighted by Crippen LogP contribution is 2.26. The molecule has 1 aromatic rings. The van der Waals surface area contributed by atoms with Gasteiger partial charge in [0.05, 0.1) is 10.5 Å². The highest BCUT2D eigenvalue weighted by molar-refractivity contribution is 5.85. The van der Waals surface area contributed by atoms with Gasteiger partial charge in [-0.15, -0.1) is 12.4 Å². The number of benzene rings is 1. The van der Waals surface area contributed by atoms with Gasteiger partial charge in [0.1, 0.15) is 5.75 Å². The largest absolute Gasteiger partial charge is 0.508 e. The first-order valence-corrected chi connectivity index (χ1v) is 3.99. The van der Waals surface area contributed by atoms with Crippen LogP contribution in [0, 0.1) is 10.1 Å². The number of hydrogen-bond donors (Lipinski definition) is 3. The van der Waals surface area contributed by atoms with Crippen LogP contribution < -0.4 is 11.5 Å². The van der Waals surface area contributed by atoms with Crippen LogP contribution in [0.15, 0.2) is 18.2 Å². The molecule has 0 aliphatic carbocycles. The van der Waals surface area contributed by atoms with Crippen molar-refractivity contribution in [3.8, 4) is 5.75 Å². The van der Waals surface area contributed by atoms with E-state index < -0.39 is 11.0 Å². The number of halogens is 1. The van der Waals surface area contributed by atoms with Crippen molar-refractivity contribution < 1.29 is 10.0 Å². The quantitative estimate of drug-likeness (QED) is 0.525. The van der Waals surface area contributed by atoms with Gasteiger partial charge in [0.15, 0.2) is 0 Å². The summed E-state index contributed by atoms with van der Waals surface area (Å²) >= 11 is 0. The Bertz CT molecular complexity index is 359. The molecule has 0 unspecified atom stereocenters. The molecule has 1 atom stereocenters. The summed E-state index contributed by atoms with van der Waals surface area (Å²) in [6.45, 7) is 0.0876. The van der Waals surface area contributed by atoms with Crippen LogP contribution in [0.2, 0.25) is 0 Å². The van der Waals surface area contributed by atoms with Crippen molar-refractivity contribution in [2.24, 2.45) is 11.5 Å². The Morgan fingerprint density at radius 2 is 2.13 bits per heavy atom. The Morgan fingerprint density at radius 3 is 2.60 bits per heavy atom. The van der Waals surface area contributed by atoms with E-state index in [1.54, 1.807) is 0 Å². The number of phenolic OH excluding ortho intramolecular Hbond substituents is 1. The third-order valence-corrected chi connectivity index (χ3v) is 1.86. The molecule has 0 aliphatic rings. The number of phenols is 1. The number of nitrogens with two attached hydrogens (primary N) is 2. The SMILES string of the molecule is Cl.NC[C@H](N)c1cc(O)ccc1[N+](=O)[O-]. The topological polar surface area (TPSA) is 115 Å². The van der Waals surface area contributed by atoms with Crippen LogP contribution in [0.3, 0.4) is 0 Å². The minimum atomic E-state index is -0.637. The molecule has 0 amide bonds. The van der Waals surface area contributed by atoms with Crippen molar-refractivity contribution >= 4 is 18.1 Å². The third kappa shape index (κ3) is 3.05. The number of hydrogen-bond acceptors (Lipinski definition) is 5. The van der Waals surface area contributed by atoms with E-state index in [2.05, 4.69) is 0 Å². The summed E-state index contributed by atoms with van der Waals surface area (Å²) in [7, 11) is 0. The lowest BCUT2D eigenvalue weighted by atomic mass is 10.1. The van der Waals surface area contributed by atoms with E-state index in [-0.39, 0.29) is 36.0 Å². The normalized spacial score (nSPS) is 11.6. The van der Waals surface area contributed by atoms with E-state index in [0.29, 0.717) is 0 Å². The second-order valence-electron chi connectivity index (χ2n) is 2.84. The van der Waals surface area contributed by atoms with Crippen LogP contribution in [0.25, 0.3) is 0 Å². The van der Waals surface area contributed by atoms with Gasteiger partial charge in [-0.3, -0.25) is 10.1 Å². The van der Waals surface area contributed by atoms with Crippen LogP contribution in [-0.4, -0.2) is 16.6 Å². The fourth-order valence-corrected chi connectivity index (χ4v) is 1.13. The summed E-state index contributed by atoms with van der Waals surface area (Å²) in [6, 6.07) is 3.07. The van der Waals surface area contributed by atoms with Crippen molar-refractivity contribution in [1.82, 2.24) is 0 Å². The predicted octanol–water partition coefficient (Wildman–Crippen LogP) is 0.681. The number of rotatable bonds is 3. The fourth-order valence-electron chi connectivity index (χ4n) is 1.13. The highest BCUT2D eigenvalue weighted by atomic mass is 35.5. The van der Waals surface area contributed by atoms with Crippen LogP contribution in [0.4, 0.5) is 5.69 Å². The maximum absolute atomic E-state index is 10.6. The Labute approximate surface area is 92.4 Å². The van der Waals surface area contributed by atoms with E-state index >= 15 is 0 Å². The lowest BCUT2D eigenvalue weighted by Gasteiger charge is -2.09. The first kappa shape index (κ1) is 13.6. The van der Waals surface area contributed by atoms with E-state index in [9.17, 15) is 10.1 Å². The van der Waals surface area contributed by atoms with Crippen molar-refractivity contribution in [3.63, 3.8) is 0 Å². The average Bonchev–Trinajstić information content (AvgIpc) is 2.16. The lowest BCUT2D eigenvalue weighted by molar-refractivity contribution is -0.385. The molecule has 0 aliphatic heterocycles. The minimum Gasteiger partial charge on any atom is -0.508 e. The Balaban J connectivity index is 0.00000196. The van der Waals surface area contributed by atoms with E-state index in [0.717, 1.165) is 0 Å². The van der Waals surface area contributed by atoms with Gasteiger partial charge in [-0.05, 0) is 12.1 Å². The van der Waals surface area contributed by atoms with Crippen molar-refractivity contribution in [3.05, 3.63) is 33.9 Å². The molecule has 0 bridgehead atoms. The van der Waals surface area contributed by atoms with Gasteiger partial charge >= 0.3 is 0 Å². The van der Waals surface area contributed by atoms with Crippen LogP contribution >= 0.6 is 12.4 Å². The summed E-state index contributed by atoms with van der Waals surface area (Å²) in [5.41, 5.74) is 11.0. The van der Waals surface area contributed by atoms with E-state index in [4.69, 9.17) is 16.6 Å². The lowest BCUT2D eigenvalue weighted by Crippen LogP contribution is -2.21. The van der Waals surface area contributed by atoms with Gasteiger partial charge in [0.25, 0.3) is 5.69 Å². The van der Waals surface area contributed by atoms with Gasteiger partial charge in [-0.1, -0.05) is 0 Å². The molecule has 0 saturated carbocycles. The molecule has 15 heavy (non-hydrogen) atoms. The van der Waals surface area contributed by atoms with Crippen molar-refractivity contribution in [2.45, 2.75) is 6.04 Å². The summed E-state index contributed by atoms with van der Waals surface area (Å²) in [6.07, 6.45) is 0. The molecule has 1 aromatic carbocycles. The summed E-state index contributed by atoms with van der Waals surface area (Å²) in [5, 5.41) is 19.7. The molecule has 0 spiro atoms. The summed E-state index contributed by atoms with van der Waals surface area (Å²) < 4.78 is 0. The van der Waals surface area contributed by atoms with Gasteiger partial charge in [0, 0.05) is 18.7 Å². The van der Waals surface area contributed by atoms with E-state index in [1.165, 1.54) is 18.2 Å². The molecular weight excluding hydrogens is 222 g/mol. The second kappa shape index (κ2) is 5.50. The van der Waals surface area contributed by atoms with Gasteiger partial charge in [-0.25, -0.2) is 0 Å². The summed E-state index contributed by atoms with van der Waals surface area (Å²) in [4.78, 5) is 10.0. The van der Waals surface area contributed by atoms with Crippen molar-refractivity contribution in [1.29, 1.82) is 0 Å². The first-order valence-electron chi connectivity index (χ1n) is 3.99. The smallest absolute Gasteiger partial charge is 0.274 e. The van der Waals surface area contributed by atoms with Crippen LogP contribution in [-0.2, 0) is 0 Å². The minimum absolute atomic E-state index is 0. The maximum atomic E-state index is 10.6. The molecule has 1 rings (SSSR count). The molecule has 6 nitrogen and oxygen atoms in total. The van der Waals surface area contributed by atoms with Gasteiger partial charge < -0.3 is 16.6 Å².